The van der Waals surface area contributed by atoms with Crippen molar-refractivity contribution < 1.29 is 8.42 Å². The molecule has 4 nitrogen and oxygen atoms in total. The average molecular weight is 228 g/mol. The summed E-state index contributed by atoms with van der Waals surface area (Å²) < 4.78 is 25.2. The lowest BCUT2D eigenvalue weighted by Crippen LogP contribution is -2.32. The minimum absolute atomic E-state index is 0.337. The first-order valence-electron chi connectivity index (χ1n) is 4.75. The molecule has 1 aromatic rings. The lowest BCUT2D eigenvalue weighted by molar-refractivity contribution is 0.466. The van der Waals surface area contributed by atoms with Gasteiger partial charge < -0.3 is 5.32 Å². The van der Waals surface area contributed by atoms with Gasteiger partial charge in [-0.25, -0.2) is 8.42 Å². The number of nitrogens with one attached hydrogen (secondary N) is 1. The van der Waals surface area contributed by atoms with Crippen molar-refractivity contribution in [3.63, 3.8) is 0 Å². The van der Waals surface area contributed by atoms with Crippen LogP contribution in [0.5, 0.6) is 0 Å². The first kappa shape index (κ1) is 12.2. The summed E-state index contributed by atoms with van der Waals surface area (Å²) in [6, 6.07) is 8.45. The van der Waals surface area contributed by atoms with Crippen LogP contribution in [0.1, 0.15) is 0 Å². The Hall–Kier alpha value is -0.910. The molecule has 0 aliphatic rings. The fourth-order valence-corrected chi connectivity index (χ4v) is 2.35. The molecule has 0 aromatic heterocycles. The van der Waals surface area contributed by atoms with E-state index in [0.29, 0.717) is 18.0 Å². The molecular formula is C10H16N2O2S. The summed E-state index contributed by atoms with van der Waals surface area (Å²) in [6.45, 7) is 1.11. The van der Waals surface area contributed by atoms with Crippen molar-refractivity contribution >= 4 is 10.0 Å². The summed E-state index contributed by atoms with van der Waals surface area (Å²) in [4.78, 5) is 0.337. The van der Waals surface area contributed by atoms with Crippen LogP contribution < -0.4 is 5.32 Å². The van der Waals surface area contributed by atoms with Gasteiger partial charge in [-0.05, 0) is 19.2 Å². The number of likely N-dealkylation sites (N-methyl/N-ethyl adjacent to an activating group) is 2. The summed E-state index contributed by atoms with van der Waals surface area (Å²) in [5.74, 6) is 0. The second-order valence-electron chi connectivity index (χ2n) is 3.24. The molecule has 0 heterocycles. The van der Waals surface area contributed by atoms with E-state index in [-0.39, 0.29) is 0 Å². The molecule has 0 aliphatic heterocycles. The maximum absolute atomic E-state index is 11.9. The van der Waals surface area contributed by atoms with E-state index >= 15 is 0 Å². The maximum atomic E-state index is 11.9. The van der Waals surface area contributed by atoms with Crippen molar-refractivity contribution in [1.82, 2.24) is 9.62 Å². The normalized spacial score (nSPS) is 11.9. The van der Waals surface area contributed by atoms with Crippen LogP contribution >= 0.6 is 0 Å². The Labute approximate surface area is 91.0 Å². The van der Waals surface area contributed by atoms with E-state index in [4.69, 9.17) is 0 Å². The van der Waals surface area contributed by atoms with Crippen LogP contribution in [0.25, 0.3) is 0 Å². The number of hydrogen-bond donors (Lipinski definition) is 1. The van der Waals surface area contributed by atoms with E-state index < -0.39 is 10.0 Å². The molecule has 0 unspecified atom stereocenters. The average Bonchev–Trinajstić information content (AvgIpc) is 2.27. The topological polar surface area (TPSA) is 49.4 Å². The molecule has 0 spiro atoms. The van der Waals surface area contributed by atoms with Crippen molar-refractivity contribution in [1.29, 1.82) is 0 Å². The highest BCUT2D eigenvalue weighted by molar-refractivity contribution is 7.89. The monoisotopic (exact) mass is 228 g/mol. The van der Waals surface area contributed by atoms with Gasteiger partial charge in [-0.15, -0.1) is 0 Å². The van der Waals surface area contributed by atoms with Gasteiger partial charge in [-0.2, -0.15) is 4.31 Å². The van der Waals surface area contributed by atoms with Gasteiger partial charge in [0.15, 0.2) is 0 Å². The van der Waals surface area contributed by atoms with Crippen molar-refractivity contribution in [3.8, 4) is 0 Å². The molecule has 5 heteroatoms. The molecule has 1 aromatic carbocycles. The fourth-order valence-electron chi connectivity index (χ4n) is 1.16. The predicted octanol–water partition coefficient (Wildman–Crippen LogP) is 0.526. The van der Waals surface area contributed by atoms with E-state index in [1.807, 2.05) is 0 Å². The van der Waals surface area contributed by atoms with Crippen LogP contribution in [0.15, 0.2) is 35.2 Å². The van der Waals surface area contributed by atoms with Crippen LogP contribution in [0.4, 0.5) is 0 Å². The Balaban J connectivity index is 2.84. The van der Waals surface area contributed by atoms with Crippen LogP contribution in [0.2, 0.25) is 0 Å². The standard InChI is InChI=1S/C10H16N2O2S/c1-11-8-9-12(2)15(13,14)10-6-4-3-5-7-10/h3-7,11H,8-9H2,1-2H3. The molecule has 0 aliphatic carbocycles. The van der Waals surface area contributed by atoms with Crippen molar-refractivity contribution in [3.05, 3.63) is 30.3 Å². The zero-order valence-corrected chi connectivity index (χ0v) is 9.79. The maximum Gasteiger partial charge on any atom is 0.242 e. The number of nitrogens with zero attached hydrogens (tertiary/aromatic N) is 1. The SMILES string of the molecule is CNCCN(C)S(=O)(=O)c1ccccc1. The minimum Gasteiger partial charge on any atom is -0.318 e. The van der Waals surface area contributed by atoms with Crippen LogP contribution in [0, 0.1) is 0 Å². The summed E-state index contributed by atoms with van der Waals surface area (Å²) in [6.07, 6.45) is 0. The molecule has 0 amide bonds. The molecule has 0 bridgehead atoms. The third-order valence-electron chi connectivity index (χ3n) is 2.13. The minimum atomic E-state index is -3.32. The second-order valence-corrected chi connectivity index (χ2v) is 5.29. The lowest BCUT2D eigenvalue weighted by atomic mass is 10.4. The first-order chi connectivity index (χ1) is 7.09. The van der Waals surface area contributed by atoms with Gasteiger partial charge in [0.25, 0.3) is 0 Å². The van der Waals surface area contributed by atoms with E-state index in [2.05, 4.69) is 5.32 Å². The third-order valence-corrected chi connectivity index (χ3v) is 4.00. The van der Waals surface area contributed by atoms with Crippen LogP contribution in [-0.2, 0) is 10.0 Å². The van der Waals surface area contributed by atoms with Gasteiger partial charge in [0.2, 0.25) is 10.0 Å². The quantitative estimate of drug-likeness (QED) is 0.799. The molecular weight excluding hydrogens is 212 g/mol. The third kappa shape index (κ3) is 3.02. The highest BCUT2D eigenvalue weighted by atomic mass is 32.2. The molecule has 1 rings (SSSR count). The Morgan fingerprint density at radius 1 is 1.27 bits per heavy atom. The summed E-state index contributed by atoms with van der Waals surface area (Å²) >= 11 is 0. The predicted molar refractivity (Wildman–Crippen MR) is 60.2 cm³/mol. The number of rotatable bonds is 5. The Kier molecular flexibility index (Phi) is 4.26. The zero-order valence-electron chi connectivity index (χ0n) is 8.97. The van der Waals surface area contributed by atoms with Crippen molar-refractivity contribution in [2.75, 3.05) is 27.2 Å². The second kappa shape index (κ2) is 5.25. The molecule has 15 heavy (non-hydrogen) atoms. The zero-order chi connectivity index (χ0) is 11.3. The highest BCUT2D eigenvalue weighted by Gasteiger charge is 2.19. The number of sulfonamides is 1. The summed E-state index contributed by atoms with van der Waals surface area (Å²) in [5.41, 5.74) is 0. The Bertz CT molecular complexity index is 389. The van der Waals surface area contributed by atoms with E-state index in [0.717, 1.165) is 0 Å². The summed E-state index contributed by atoms with van der Waals surface area (Å²) in [7, 11) is 0.0597. The first-order valence-corrected chi connectivity index (χ1v) is 6.19. The molecule has 0 saturated carbocycles. The van der Waals surface area contributed by atoms with Gasteiger partial charge in [0.05, 0.1) is 4.90 Å². The molecule has 0 radical (unpaired) electrons. The highest BCUT2D eigenvalue weighted by Crippen LogP contribution is 2.12. The molecule has 84 valence electrons. The molecule has 0 fully saturated rings. The number of benzene rings is 1. The van der Waals surface area contributed by atoms with E-state index in [1.165, 1.54) is 4.31 Å². The van der Waals surface area contributed by atoms with Crippen LogP contribution in [-0.4, -0.2) is 39.9 Å². The number of hydrogen-bond acceptors (Lipinski definition) is 3. The van der Waals surface area contributed by atoms with Gasteiger partial charge in [0, 0.05) is 20.1 Å². The summed E-state index contributed by atoms with van der Waals surface area (Å²) in [5, 5.41) is 2.92. The molecule has 0 atom stereocenters. The van der Waals surface area contributed by atoms with Crippen LogP contribution in [0.3, 0.4) is 0 Å². The van der Waals surface area contributed by atoms with E-state index in [9.17, 15) is 8.42 Å². The lowest BCUT2D eigenvalue weighted by Gasteiger charge is -2.16. The molecule has 1 N–H and O–H groups in total. The Morgan fingerprint density at radius 3 is 2.40 bits per heavy atom. The van der Waals surface area contributed by atoms with Gasteiger partial charge in [-0.1, -0.05) is 18.2 Å². The fraction of sp³-hybridized carbons (Fsp3) is 0.400. The van der Waals surface area contributed by atoms with Gasteiger partial charge in [-0.3, -0.25) is 0 Å². The van der Waals surface area contributed by atoms with Crippen molar-refractivity contribution in [2.45, 2.75) is 4.90 Å². The van der Waals surface area contributed by atoms with Gasteiger partial charge >= 0.3 is 0 Å². The smallest absolute Gasteiger partial charge is 0.242 e. The largest absolute Gasteiger partial charge is 0.318 e. The van der Waals surface area contributed by atoms with E-state index in [1.54, 1.807) is 44.4 Å². The van der Waals surface area contributed by atoms with Gasteiger partial charge in [0.1, 0.15) is 0 Å². The Morgan fingerprint density at radius 2 is 1.87 bits per heavy atom. The van der Waals surface area contributed by atoms with Crippen molar-refractivity contribution in [2.24, 2.45) is 0 Å². The molecule has 0 saturated heterocycles.